The van der Waals surface area contributed by atoms with Crippen molar-refractivity contribution in [2.75, 3.05) is 6.61 Å². The molecular formula is C15H21NO3. The second-order valence-corrected chi connectivity index (χ2v) is 4.94. The molecule has 1 aliphatic carbocycles. The largest absolute Gasteiger partial charge is 0.478 e. The standard InChI is InChI=1S/C15H21NO3/c1-2-10-18-14-9-8-13(11-16-14)19-15(17)12-6-4-3-5-7-12/h8-9,11-12H,2-7,10H2,1H3. The molecule has 0 N–H and O–H groups in total. The predicted octanol–water partition coefficient (Wildman–Crippen LogP) is 3.36. The van der Waals surface area contributed by atoms with Crippen molar-refractivity contribution in [3.05, 3.63) is 18.3 Å². The molecular weight excluding hydrogens is 242 g/mol. The molecule has 0 aliphatic heterocycles. The van der Waals surface area contributed by atoms with Crippen molar-refractivity contribution in [3.63, 3.8) is 0 Å². The van der Waals surface area contributed by atoms with E-state index in [9.17, 15) is 4.79 Å². The number of carbonyl (C=O) groups is 1. The van der Waals surface area contributed by atoms with Crippen LogP contribution in [0.5, 0.6) is 11.6 Å². The molecule has 0 amide bonds. The number of rotatable bonds is 5. The normalized spacial score (nSPS) is 16.1. The van der Waals surface area contributed by atoms with E-state index in [-0.39, 0.29) is 11.9 Å². The third-order valence-corrected chi connectivity index (χ3v) is 3.32. The fourth-order valence-corrected chi connectivity index (χ4v) is 2.26. The fraction of sp³-hybridized carbons (Fsp3) is 0.600. The first-order valence-corrected chi connectivity index (χ1v) is 7.10. The Morgan fingerprint density at radius 1 is 1.32 bits per heavy atom. The first-order chi connectivity index (χ1) is 9.29. The average molecular weight is 263 g/mol. The first-order valence-electron chi connectivity index (χ1n) is 7.10. The maximum atomic E-state index is 11.9. The minimum atomic E-state index is -0.122. The molecule has 0 aromatic carbocycles. The van der Waals surface area contributed by atoms with Crippen molar-refractivity contribution in [1.29, 1.82) is 0 Å². The molecule has 0 atom stereocenters. The van der Waals surface area contributed by atoms with Crippen LogP contribution in [0.25, 0.3) is 0 Å². The van der Waals surface area contributed by atoms with Crippen LogP contribution in [0, 0.1) is 5.92 Å². The highest BCUT2D eigenvalue weighted by molar-refractivity contribution is 5.75. The van der Waals surface area contributed by atoms with Gasteiger partial charge in [-0.3, -0.25) is 4.79 Å². The van der Waals surface area contributed by atoms with Crippen LogP contribution in [0.4, 0.5) is 0 Å². The Hall–Kier alpha value is -1.58. The van der Waals surface area contributed by atoms with E-state index >= 15 is 0 Å². The van der Waals surface area contributed by atoms with Crippen LogP contribution in [0.1, 0.15) is 45.4 Å². The van der Waals surface area contributed by atoms with E-state index < -0.39 is 0 Å². The van der Waals surface area contributed by atoms with E-state index in [0.717, 1.165) is 32.1 Å². The van der Waals surface area contributed by atoms with E-state index in [0.29, 0.717) is 18.2 Å². The van der Waals surface area contributed by atoms with E-state index in [4.69, 9.17) is 9.47 Å². The minimum Gasteiger partial charge on any atom is -0.478 e. The van der Waals surface area contributed by atoms with Gasteiger partial charge in [0.2, 0.25) is 5.88 Å². The summed E-state index contributed by atoms with van der Waals surface area (Å²) < 4.78 is 10.7. The Morgan fingerprint density at radius 2 is 2.11 bits per heavy atom. The number of carbonyl (C=O) groups excluding carboxylic acids is 1. The number of pyridine rings is 1. The van der Waals surface area contributed by atoms with Gasteiger partial charge in [-0.25, -0.2) is 4.98 Å². The molecule has 0 radical (unpaired) electrons. The van der Waals surface area contributed by atoms with Gasteiger partial charge in [-0.2, -0.15) is 0 Å². The first kappa shape index (κ1) is 13.8. The summed E-state index contributed by atoms with van der Waals surface area (Å²) in [4.78, 5) is 16.1. The van der Waals surface area contributed by atoms with Crippen LogP contribution in [0.2, 0.25) is 0 Å². The van der Waals surface area contributed by atoms with E-state index in [1.54, 1.807) is 18.3 Å². The fourth-order valence-electron chi connectivity index (χ4n) is 2.26. The zero-order chi connectivity index (χ0) is 13.5. The van der Waals surface area contributed by atoms with Gasteiger partial charge in [0, 0.05) is 6.07 Å². The lowest BCUT2D eigenvalue weighted by Crippen LogP contribution is -2.22. The third kappa shape index (κ3) is 4.23. The second kappa shape index (κ2) is 7.12. The maximum absolute atomic E-state index is 11.9. The number of hydrogen-bond acceptors (Lipinski definition) is 4. The van der Waals surface area contributed by atoms with Crippen molar-refractivity contribution < 1.29 is 14.3 Å². The van der Waals surface area contributed by atoms with Gasteiger partial charge in [0.15, 0.2) is 0 Å². The summed E-state index contributed by atoms with van der Waals surface area (Å²) in [5.41, 5.74) is 0. The molecule has 4 heteroatoms. The predicted molar refractivity (Wildman–Crippen MR) is 72.2 cm³/mol. The van der Waals surface area contributed by atoms with Gasteiger partial charge < -0.3 is 9.47 Å². The molecule has 1 aromatic rings. The Morgan fingerprint density at radius 3 is 2.74 bits per heavy atom. The van der Waals surface area contributed by atoms with E-state index in [1.807, 2.05) is 6.92 Å². The van der Waals surface area contributed by atoms with Crippen LogP contribution < -0.4 is 9.47 Å². The van der Waals surface area contributed by atoms with Crippen molar-refractivity contribution in [3.8, 4) is 11.6 Å². The zero-order valence-electron chi connectivity index (χ0n) is 11.4. The van der Waals surface area contributed by atoms with Crippen LogP contribution in [-0.4, -0.2) is 17.6 Å². The summed E-state index contributed by atoms with van der Waals surface area (Å²) in [6, 6.07) is 3.47. The van der Waals surface area contributed by atoms with Crippen LogP contribution >= 0.6 is 0 Å². The Balaban J connectivity index is 1.86. The van der Waals surface area contributed by atoms with Gasteiger partial charge in [0.05, 0.1) is 18.7 Å². The number of hydrogen-bond donors (Lipinski definition) is 0. The van der Waals surface area contributed by atoms with Crippen molar-refractivity contribution in [1.82, 2.24) is 4.98 Å². The quantitative estimate of drug-likeness (QED) is 0.764. The average Bonchev–Trinajstić information content (AvgIpc) is 2.47. The summed E-state index contributed by atoms with van der Waals surface area (Å²) in [5.74, 6) is 1.01. The molecule has 1 aliphatic rings. The lowest BCUT2D eigenvalue weighted by atomic mass is 9.89. The highest BCUT2D eigenvalue weighted by atomic mass is 16.5. The summed E-state index contributed by atoms with van der Waals surface area (Å²) in [7, 11) is 0. The summed E-state index contributed by atoms with van der Waals surface area (Å²) in [6.07, 6.45) is 7.87. The van der Waals surface area contributed by atoms with Gasteiger partial charge in [-0.15, -0.1) is 0 Å². The molecule has 1 aromatic heterocycles. The number of nitrogens with zero attached hydrogens (tertiary/aromatic N) is 1. The smallest absolute Gasteiger partial charge is 0.314 e. The monoisotopic (exact) mass is 263 g/mol. The highest BCUT2D eigenvalue weighted by Gasteiger charge is 2.22. The van der Waals surface area contributed by atoms with Crippen molar-refractivity contribution >= 4 is 5.97 Å². The molecule has 1 saturated carbocycles. The minimum absolute atomic E-state index is 0.0600. The highest BCUT2D eigenvalue weighted by Crippen LogP contribution is 2.25. The topological polar surface area (TPSA) is 48.4 Å². The summed E-state index contributed by atoms with van der Waals surface area (Å²) in [6.45, 7) is 2.69. The van der Waals surface area contributed by atoms with Crippen molar-refractivity contribution in [2.24, 2.45) is 5.92 Å². The Bertz CT molecular complexity index is 396. The van der Waals surface area contributed by atoms with Crippen LogP contribution in [0.3, 0.4) is 0 Å². The van der Waals surface area contributed by atoms with Gasteiger partial charge in [0.1, 0.15) is 5.75 Å². The number of esters is 1. The van der Waals surface area contributed by atoms with Crippen molar-refractivity contribution in [2.45, 2.75) is 45.4 Å². The van der Waals surface area contributed by atoms with E-state index in [1.165, 1.54) is 6.42 Å². The maximum Gasteiger partial charge on any atom is 0.314 e. The lowest BCUT2D eigenvalue weighted by Gasteiger charge is -2.19. The molecule has 0 saturated heterocycles. The molecule has 19 heavy (non-hydrogen) atoms. The molecule has 0 bridgehead atoms. The zero-order valence-corrected chi connectivity index (χ0v) is 11.4. The lowest BCUT2D eigenvalue weighted by molar-refractivity contribution is -0.140. The summed E-state index contributed by atoms with van der Waals surface area (Å²) >= 11 is 0. The molecule has 0 unspecified atom stereocenters. The van der Waals surface area contributed by atoms with Gasteiger partial charge in [-0.1, -0.05) is 26.2 Å². The molecule has 1 heterocycles. The summed E-state index contributed by atoms with van der Waals surface area (Å²) in [5, 5.41) is 0. The van der Waals surface area contributed by atoms with Gasteiger partial charge in [-0.05, 0) is 25.3 Å². The Kier molecular flexibility index (Phi) is 5.19. The molecule has 2 rings (SSSR count). The molecule has 4 nitrogen and oxygen atoms in total. The third-order valence-electron chi connectivity index (χ3n) is 3.32. The number of ether oxygens (including phenoxy) is 2. The Labute approximate surface area is 114 Å². The molecule has 1 fully saturated rings. The number of aromatic nitrogens is 1. The van der Waals surface area contributed by atoms with Crippen LogP contribution in [0.15, 0.2) is 18.3 Å². The SMILES string of the molecule is CCCOc1ccc(OC(=O)C2CCCCC2)cn1. The van der Waals surface area contributed by atoms with E-state index in [2.05, 4.69) is 4.98 Å². The molecule has 0 spiro atoms. The van der Waals surface area contributed by atoms with Crippen LogP contribution in [-0.2, 0) is 4.79 Å². The molecule has 104 valence electrons. The van der Waals surface area contributed by atoms with Gasteiger partial charge in [0.25, 0.3) is 0 Å². The second-order valence-electron chi connectivity index (χ2n) is 4.94. The van der Waals surface area contributed by atoms with Gasteiger partial charge >= 0.3 is 5.97 Å².